The highest BCUT2D eigenvalue weighted by Crippen LogP contribution is 2.34. The Morgan fingerprint density at radius 1 is 1.14 bits per heavy atom. The van der Waals surface area contributed by atoms with Crippen LogP contribution in [0, 0.1) is 0 Å². The van der Waals surface area contributed by atoms with Crippen LogP contribution in [0.3, 0.4) is 0 Å². The van der Waals surface area contributed by atoms with Crippen molar-refractivity contribution >= 4 is 33.2 Å². The summed E-state index contributed by atoms with van der Waals surface area (Å²) in [6.45, 7) is 0.761. The van der Waals surface area contributed by atoms with Crippen LogP contribution in [0.15, 0.2) is 39.8 Å². The first-order chi connectivity index (χ1) is 13.1. The number of hydrogen-bond acceptors (Lipinski definition) is 5. The molecule has 0 unspecified atom stereocenters. The minimum absolute atomic E-state index is 0.117. The number of ether oxygens (including phenoxy) is 1. The topological polar surface area (TPSA) is 88.9 Å². The molecule has 2 aromatic rings. The SMILES string of the molecule is O=C(Nc1cc(C(F)(F)F)ccc1Cl)c1ccc(S(=O)(=O)N2CCOCC2)o1. The first-order valence-electron chi connectivity index (χ1n) is 7.95. The Morgan fingerprint density at radius 3 is 2.46 bits per heavy atom. The van der Waals surface area contributed by atoms with E-state index in [9.17, 15) is 26.4 Å². The molecule has 1 saturated heterocycles. The van der Waals surface area contributed by atoms with Gasteiger partial charge in [0.15, 0.2) is 5.76 Å². The number of nitrogens with one attached hydrogen (secondary N) is 1. The van der Waals surface area contributed by atoms with Gasteiger partial charge in [0.05, 0.1) is 29.5 Å². The van der Waals surface area contributed by atoms with Crippen LogP contribution in [0.5, 0.6) is 0 Å². The molecule has 1 aliphatic rings. The van der Waals surface area contributed by atoms with E-state index in [1.807, 2.05) is 0 Å². The maximum absolute atomic E-state index is 12.8. The van der Waals surface area contributed by atoms with E-state index in [0.29, 0.717) is 6.07 Å². The largest absolute Gasteiger partial charge is 0.438 e. The lowest BCUT2D eigenvalue weighted by Gasteiger charge is -2.24. The summed E-state index contributed by atoms with van der Waals surface area (Å²) in [5, 5.41) is 1.62. The fraction of sp³-hybridized carbons (Fsp3) is 0.312. The second-order valence-corrected chi connectivity index (χ2v) is 8.06. The minimum atomic E-state index is -4.62. The lowest BCUT2D eigenvalue weighted by molar-refractivity contribution is -0.137. The number of benzene rings is 1. The molecule has 0 atom stereocenters. The van der Waals surface area contributed by atoms with Gasteiger partial charge >= 0.3 is 6.18 Å². The number of rotatable bonds is 4. The molecule has 1 aromatic heterocycles. The zero-order valence-electron chi connectivity index (χ0n) is 14.1. The number of sulfonamides is 1. The highest BCUT2D eigenvalue weighted by molar-refractivity contribution is 7.89. The summed E-state index contributed by atoms with van der Waals surface area (Å²) < 4.78 is 74.8. The first kappa shape index (κ1) is 20.6. The molecule has 0 aliphatic carbocycles. The van der Waals surface area contributed by atoms with E-state index in [1.54, 1.807) is 0 Å². The summed E-state index contributed by atoms with van der Waals surface area (Å²) in [6, 6.07) is 4.67. The first-order valence-corrected chi connectivity index (χ1v) is 9.76. The number of anilines is 1. The van der Waals surface area contributed by atoms with Gasteiger partial charge in [-0.1, -0.05) is 11.6 Å². The van der Waals surface area contributed by atoms with Crippen LogP contribution in [0.1, 0.15) is 16.1 Å². The number of hydrogen-bond donors (Lipinski definition) is 1. The molecule has 152 valence electrons. The van der Waals surface area contributed by atoms with Gasteiger partial charge in [0, 0.05) is 13.1 Å². The van der Waals surface area contributed by atoms with Crippen LogP contribution < -0.4 is 5.32 Å². The number of carbonyl (C=O) groups excluding carboxylic acids is 1. The molecule has 1 amide bonds. The molecule has 12 heteroatoms. The predicted octanol–water partition coefficient (Wildman–Crippen LogP) is 3.23. The van der Waals surface area contributed by atoms with E-state index >= 15 is 0 Å². The second kappa shape index (κ2) is 7.74. The zero-order chi connectivity index (χ0) is 20.5. The van der Waals surface area contributed by atoms with E-state index < -0.39 is 32.8 Å². The summed E-state index contributed by atoms with van der Waals surface area (Å²) in [4.78, 5) is 12.3. The highest BCUT2D eigenvalue weighted by Gasteiger charge is 2.32. The van der Waals surface area contributed by atoms with Gasteiger partial charge in [-0.2, -0.15) is 17.5 Å². The minimum Gasteiger partial charge on any atom is -0.438 e. The van der Waals surface area contributed by atoms with E-state index in [1.165, 1.54) is 0 Å². The second-order valence-electron chi connectivity index (χ2n) is 5.78. The maximum Gasteiger partial charge on any atom is 0.416 e. The third-order valence-corrected chi connectivity index (χ3v) is 6.01. The molecule has 0 saturated carbocycles. The van der Waals surface area contributed by atoms with Crippen LogP contribution in [0.2, 0.25) is 5.02 Å². The van der Waals surface area contributed by atoms with E-state index in [4.69, 9.17) is 20.8 Å². The van der Waals surface area contributed by atoms with Crippen molar-refractivity contribution in [2.24, 2.45) is 0 Å². The summed E-state index contributed by atoms with van der Waals surface area (Å²) in [7, 11) is -3.95. The Morgan fingerprint density at radius 2 is 1.82 bits per heavy atom. The molecular formula is C16H14ClF3N2O5S. The third kappa shape index (κ3) is 4.32. The Hall–Kier alpha value is -2.08. The Labute approximate surface area is 163 Å². The van der Waals surface area contributed by atoms with Crippen molar-refractivity contribution in [2.75, 3.05) is 31.6 Å². The summed E-state index contributed by atoms with van der Waals surface area (Å²) in [6.07, 6.45) is -4.62. The zero-order valence-corrected chi connectivity index (χ0v) is 15.7. The van der Waals surface area contributed by atoms with Gasteiger partial charge in [-0.3, -0.25) is 4.79 Å². The highest BCUT2D eigenvalue weighted by atomic mass is 35.5. The van der Waals surface area contributed by atoms with E-state index in [-0.39, 0.29) is 42.8 Å². The van der Waals surface area contributed by atoms with Gasteiger partial charge in [-0.15, -0.1) is 0 Å². The molecule has 28 heavy (non-hydrogen) atoms. The number of nitrogens with zero attached hydrogens (tertiary/aromatic N) is 1. The number of alkyl halides is 3. The van der Waals surface area contributed by atoms with Crippen molar-refractivity contribution in [3.8, 4) is 0 Å². The molecule has 0 radical (unpaired) electrons. The van der Waals surface area contributed by atoms with Crippen LogP contribution in [-0.4, -0.2) is 44.9 Å². The van der Waals surface area contributed by atoms with E-state index in [0.717, 1.165) is 28.6 Å². The van der Waals surface area contributed by atoms with Crippen molar-refractivity contribution in [3.05, 3.63) is 46.7 Å². The molecule has 1 aromatic carbocycles. The fourth-order valence-electron chi connectivity index (χ4n) is 2.48. The van der Waals surface area contributed by atoms with Gasteiger partial charge in [0.2, 0.25) is 5.09 Å². The van der Waals surface area contributed by atoms with Gasteiger partial charge in [-0.05, 0) is 30.3 Å². The van der Waals surface area contributed by atoms with Crippen molar-refractivity contribution in [1.29, 1.82) is 0 Å². The third-order valence-electron chi connectivity index (χ3n) is 3.91. The van der Waals surface area contributed by atoms with Crippen LogP contribution in [0.25, 0.3) is 0 Å². The Bertz CT molecular complexity index is 984. The van der Waals surface area contributed by atoms with E-state index in [2.05, 4.69) is 5.32 Å². The van der Waals surface area contributed by atoms with Gasteiger partial charge in [0.25, 0.3) is 15.9 Å². The lowest BCUT2D eigenvalue weighted by Crippen LogP contribution is -2.40. The number of furan rings is 1. The van der Waals surface area contributed by atoms with Crippen molar-refractivity contribution in [1.82, 2.24) is 4.31 Å². The number of carbonyl (C=O) groups is 1. The predicted molar refractivity (Wildman–Crippen MR) is 92.7 cm³/mol. The van der Waals surface area contributed by atoms with Gasteiger partial charge in [-0.25, -0.2) is 8.42 Å². The van der Waals surface area contributed by atoms with Gasteiger partial charge < -0.3 is 14.5 Å². The molecule has 2 heterocycles. The molecular weight excluding hydrogens is 425 g/mol. The number of halogens is 4. The lowest BCUT2D eigenvalue weighted by atomic mass is 10.2. The quantitative estimate of drug-likeness (QED) is 0.791. The molecule has 0 spiro atoms. The van der Waals surface area contributed by atoms with Crippen LogP contribution in [-0.2, 0) is 20.9 Å². The molecule has 3 rings (SSSR count). The van der Waals surface area contributed by atoms with Crippen molar-refractivity contribution < 1.29 is 35.5 Å². The Balaban J connectivity index is 1.80. The Kier molecular flexibility index (Phi) is 5.71. The molecule has 1 fully saturated rings. The van der Waals surface area contributed by atoms with Crippen molar-refractivity contribution in [2.45, 2.75) is 11.3 Å². The fourth-order valence-corrected chi connectivity index (χ4v) is 3.96. The maximum atomic E-state index is 12.8. The van der Waals surface area contributed by atoms with Crippen LogP contribution in [0.4, 0.5) is 18.9 Å². The van der Waals surface area contributed by atoms with Crippen LogP contribution >= 0.6 is 11.6 Å². The molecule has 7 nitrogen and oxygen atoms in total. The normalized spacial score (nSPS) is 16.1. The summed E-state index contributed by atoms with van der Waals surface area (Å²) >= 11 is 5.83. The average Bonchev–Trinajstić information content (AvgIpc) is 3.14. The number of morpholine rings is 1. The van der Waals surface area contributed by atoms with Gasteiger partial charge in [0.1, 0.15) is 0 Å². The molecule has 1 aliphatic heterocycles. The molecule has 0 bridgehead atoms. The monoisotopic (exact) mass is 438 g/mol. The number of amides is 1. The smallest absolute Gasteiger partial charge is 0.416 e. The van der Waals surface area contributed by atoms with Crippen molar-refractivity contribution in [3.63, 3.8) is 0 Å². The molecule has 1 N–H and O–H groups in total. The standard InChI is InChI=1S/C16H14ClF3N2O5S/c17-11-2-1-10(16(18,19)20)9-12(11)21-15(23)13-3-4-14(27-13)28(24,25)22-5-7-26-8-6-22/h1-4,9H,5-8H2,(H,21,23). The summed E-state index contributed by atoms with van der Waals surface area (Å²) in [5.41, 5.74) is -1.28. The average molecular weight is 439 g/mol. The summed E-state index contributed by atoms with van der Waals surface area (Å²) in [5.74, 6) is -1.33.